The number of carbonyl (C=O) groups is 1. The fraction of sp³-hybridized carbons (Fsp3) is 0.222. The number of benzene rings is 2. The lowest BCUT2D eigenvalue weighted by atomic mass is 10.1. The van der Waals surface area contributed by atoms with Crippen molar-refractivity contribution < 1.29 is 14.3 Å². The van der Waals surface area contributed by atoms with E-state index in [0.717, 1.165) is 5.56 Å². The summed E-state index contributed by atoms with van der Waals surface area (Å²) < 4.78 is 10.6. The number of hydrogen-bond donors (Lipinski definition) is 1. The van der Waals surface area contributed by atoms with E-state index in [2.05, 4.69) is 10.5 Å². The van der Waals surface area contributed by atoms with Crippen LogP contribution < -0.4 is 14.9 Å². The highest BCUT2D eigenvalue weighted by molar-refractivity contribution is 6.42. The van der Waals surface area contributed by atoms with Crippen LogP contribution in [0.3, 0.4) is 0 Å². The molecule has 0 aliphatic heterocycles. The maximum atomic E-state index is 12.0. The number of nitrogens with one attached hydrogen (secondary N) is 1. The van der Waals surface area contributed by atoms with Crippen molar-refractivity contribution in [2.24, 2.45) is 5.10 Å². The van der Waals surface area contributed by atoms with Gasteiger partial charge in [0.15, 0.2) is 18.1 Å². The summed E-state index contributed by atoms with van der Waals surface area (Å²) >= 11 is 11.9. The van der Waals surface area contributed by atoms with E-state index < -0.39 is 0 Å². The summed E-state index contributed by atoms with van der Waals surface area (Å²) in [4.78, 5) is 12.0. The third-order valence-corrected chi connectivity index (χ3v) is 4.07. The summed E-state index contributed by atoms with van der Waals surface area (Å²) in [6.07, 6.45) is 0.617. The first-order valence-corrected chi connectivity index (χ1v) is 8.37. The van der Waals surface area contributed by atoms with E-state index in [9.17, 15) is 4.79 Å². The molecule has 2 rings (SSSR count). The summed E-state index contributed by atoms with van der Waals surface area (Å²) in [6.45, 7) is 1.75. The zero-order valence-corrected chi connectivity index (χ0v) is 15.4. The molecule has 0 radical (unpaired) electrons. The molecule has 0 aromatic heterocycles. The molecule has 0 aliphatic rings. The van der Waals surface area contributed by atoms with Gasteiger partial charge in [-0.15, -0.1) is 0 Å². The molecule has 0 saturated heterocycles. The highest BCUT2D eigenvalue weighted by Crippen LogP contribution is 2.25. The summed E-state index contributed by atoms with van der Waals surface area (Å²) in [6, 6.07) is 12.3. The molecular formula is C18H18Cl2N2O3. The minimum absolute atomic E-state index is 0.178. The number of ether oxygens (including phenoxy) is 2. The third-order valence-electron chi connectivity index (χ3n) is 3.33. The Hall–Kier alpha value is -2.24. The van der Waals surface area contributed by atoms with E-state index in [1.54, 1.807) is 36.4 Å². The molecule has 0 bridgehead atoms. The van der Waals surface area contributed by atoms with Crippen molar-refractivity contribution in [2.45, 2.75) is 13.3 Å². The number of para-hydroxylation sites is 2. The predicted octanol–water partition coefficient (Wildman–Crippen LogP) is 4.31. The Balaban J connectivity index is 1.98. The van der Waals surface area contributed by atoms with Crippen LogP contribution in [-0.2, 0) is 4.79 Å². The maximum Gasteiger partial charge on any atom is 0.277 e. The first-order valence-electron chi connectivity index (χ1n) is 7.61. The van der Waals surface area contributed by atoms with Gasteiger partial charge in [-0.2, -0.15) is 5.10 Å². The van der Waals surface area contributed by atoms with E-state index in [1.807, 2.05) is 13.0 Å². The maximum absolute atomic E-state index is 12.0. The summed E-state index contributed by atoms with van der Waals surface area (Å²) in [7, 11) is 1.54. The van der Waals surface area contributed by atoms with E-state index >= 15 is 0 Å². The normalized spacial score (nSPS) is 11.1. The third kappa shape index (κ3) is 5.37. The highest BCUT2D eigenvalue weighted by Gasteiger charge is 2.08. The van der Waals surface area contributed by atoms with Crippen LogP contribution in [0.25, 0.3) is 0 Å². The van der Waals surface area contributed by atoms with Gasteiger partial charge < -0.3 is 9.47 Å². The minimum atomic E-state index is -0.378. The van der Waals surface area contributed by atoms with Crippen LogP contribution in [0.4, 0.5) is 0 Å². The zero-order valence-electron chi connectivity index (χ0n) is 13.9. The smallest absolute Gasteiger partial charge is 0.277 e. The van der Waals surface area contributed by atoms with Gasteiger partial charge in [-0.1, -0.05) is 48.3 Å². The summed E-state index contributed by atoms with van der Waals surface area (Å²) in [5.41, 5.74) is 3.96. The molecule has 1 N–H and O–H groups in total. The predicted molar refractivity (Wildman–Crippen MR) is 99.9 cm³/mol. The zero-order chi connectivity index (χ0) is 18.2. The van der Waals surface area contributed by atoms with Gasteiger partial charge in [-0.05, 0) is 36.2 Å². The first-order chi connectivity index (χ1) is 12.0. The fourth-order valence-corrected chi connectivity index (χ4v) is 2.36. The molecule has 0 fully saturated rings. The molecule has 1 amide bonds. The monoisotopic (exact) mass is 380 g/mol. The van der Waals surface area contributed by atoms with Crippen molar-refractivity contribution in [3.8, 4) is 11.5 Å². The quantitative estimate of drug-likeness (QED) is 0.574. The summed E-state index contributed by atoms with van der Waals surface area (Å²) in [5.74, 6) is 0.671. The van der Waals surface area contributed by atoms with Gasteiger partial charge in [0.1, 0.15) is 0 Å². The second kappa shape index (κ2) is 9.30. The van der Waals surface area contributed by atoms with Crippen LogP contribution >= 0.6 is 23.2 Å². The number of hydrazone groups is 1. The Morgan fingerprint density at radius 2 is 1.84 bits per heavy atom. The molecule has 2 aromatic rings. The van der Waals surface area contributed by atoms with E-state index in [-0.39, 0.29) is 12.5 Å². The largest absolute Gasteiger partial charge is 0.493 e. The second-order valence-corrected chi connectivity index (χ2v) is 5.83. The highest BCUT2D eigenvalue weighted by atomic mass is 35.5. The Bertz CT molecular complexity index is 779. The van der Waals surface area contributed by atoms with Crippen molar-refractivity contribution in [3.63, 3.8) is 0 Å². The van der Waals surface area contributed by atoms with Crippen molar-refractivity contribution in [1.29, 1.82) is 0 Å². The van der Waals surface area contributed by atoms with E-state index in [4.69, 9.17) is 32.7 Å². The average molecular weight is 381 g/mol. The molecule has 0 spiro atoms. The molecule has 0 saturated carbocycles. The molecule has 0 unspecified atom stereocenters. The van der Waals surface area contributed by atoms with E-state index in [0.29, 0.717) is 33.7 Å². The van der Waals surface area contributed by atoms with Crippen molar-refractivity contribution in [2.75, 3.05) is 13.7 Å². The molecule has 0 aliphatic carbocycles. The number of hydrogen-bond acceptors (Lipinski definition) is 4. The molecule has 0 atom stereocenters. The van der Waals surface area contributed by atoms with Gasteiger partial charge in [-0.3, -0.25) is 4.79 Å². The van der Waals surface area contributed by atoms with Crippen LogP contribution in [-0.4, -0.2) is 25.3 Å². The topological polar surface area (TPSA) is 59.9 Å². The van der Waals surface area contributed by atoms with Gasteiger partial charge in [0.2, 0.25) is 0 Å². The number of rotatable bonds is 7. The lowest BCUT2D eigenvalue weighted by Crippen LogP contribution is -2.26. The van der Waals surface area contributed by atoms with Crippen molar-refractivity contribution in [3.05, 3.63) is 58.1 Å². The van der Waals surface area contributed by atoms with Gasteiger partial charge in [0, 0.05) is 0 Å². The number of amides is 1. The van der Waals surface area contributed by atoms with Gasteiger partial charge in [0.25, 0.3) is 5.91 Å². The Morgan fingerprint density at radius 1 is 1.12 bits per heavy atom. The number of methoxy groups -OCH3 is 1. The lowest BCUT2D eigenvalue weighted by molar-refractivity contribution is -0.123. The second-order valence-electron chi connectivity index (χ2n) is 5.02. The van der Waals surface area contributed by atoms with Gasteiger partial charge >= 0.3 is 0 Å². The van der Waals surface area contributed by atoms with Crippen molar-refractivity contribution in [1.82, 2.24) is 5.43 Å². The summed E-state index contributed by atoms with van der Waals surface area (Å²) in [5, 5.41) is 5.05. The van der Waals surface area contributed by atoms with Gasteiger partial charge in [-0.25, -0.2) is 5.43 Å². The Kier molecular flexibility index (Phi) is 7.10. The van der Waals surface area contributed by atoms with Gasteiger partial charge in [0.05, 0.1) is 22.9 Å². The van der Waals surface area contributed by atoms with Crippen LogP contribution in [0.1, 0.15) is 18.9 Å². The SMILES string of the molecule is CC/C(=N\NC(=O)COc1ccccc1OC)c1ccc(Cl)c(Cl)c1. The Morgan fingerprint density at radius 3 is 2.48 bits per heavy atom. The van der Waals surface area contributed by atoms with Crippen LogP contribution in [0, 0.1) is 0 Å². The van der Waals surface area contributed by atoms with E-state index in [1.165, 1.54) is 7.11 Å². The number of halogens is 2. The molecule has 2 aromatic carbocycles. The standard InChI is InChI=1S/C18H18Cl2N2O3/c1-3-15(12-8-9-13(19)14(20)10-12)21-22-18(23)11-25-17-7-5-4-6-16(17)24-2/h4-10H,3,11H2,1-2H3,(H,22,23)/b21-15+. The minimum Gasteiger partial charge on any atom is -0.493 e. The fourth-order valence-electron chi connectivity index (χ4n) is 2.07. The van der Waals surface area contributed by atoms with Crippen LogP contribution in [0.5, 0.6) is 11.5 Å². The molecule has 25 heavy (non-hydrogen) atoms. The number of nitrogens with zero attached hydrogens (tertiary/aromatic N) is 1. The Labute approximate surface area is 156 Å². The van der Waals surface area contributed by atoms with Crippen LogP contribution in [0.2, 0.25) is 10.0 Å². The molecular weight excluding hydrogens is 363 g/mol. The number of carbonyl (C=O) groups excluding carboxylic acids is 1. The average Bonchev–Trinajstić information content (AvgIpc) is 2.63. The lowest BCUT2D eigenvalue weighted by Gasteiger charge is -2.10. The van der Waals surface area contributed by atoms with Crippen LogP contribution in [0.15, 0.2) is 47.6 Å². The van der Waals surface area contributed by atoms with Crippen molar-refractivity contribution >= 4 is 34.8 Å². The molecule has 132 valence electrons. The molecule has 0 heterocycles. The molecule has 7 heteroatoms. The first kappa shape index (κ1) is 19.1. The molecule has 5 nitrogen and oxygen atoms in total.